The predicted octanol–water partition coefficient (Wildman–Crippen LogP) is 3.26. The molecule has 0 aliphatic carbocycles. The van der Waals surface area contributed by atoms with Gasteiger partial charge in [0.25, 0.3) is 5.69 Å². The molecule has 2 aromatic rings. The van der Waals surface area contributed by atoms with Gasteiger partial charge in [-0.15, -0.1) is 0 Å². The zero-order valence-corrected chi connectivity index (χ0v) is 15.7. The van der Waals surface area contributed by atoms with Crippen molar-refractivity contribution in [3.63, 3.8) is 0 Å². The molecule has 0 radical (unpaired) electrons. The number of nitrogens with zero attached hydrogens (tertiary/aromatic N) is 1. The molecule has 0 heterocycles. The molecule has 0 aliphatic rings. The van der Waals surface area contributed by atoms with Gasteiger partial charge >= 0.3 is 5.97 Å². The second-order valence-corrected chi connectivity index (χ2v) is 6.39. The van der Waals surface area contributed by atoms with Crippen LogP contribution in [-0.4, -0.2) is 29.6 Å². The predicted molar refractivity (Wildman–Crippen MR) is 102 cm³/mol. The van der Waals surface area contributed by atoms with Crippen LogP contribution in [0.5, 0.6) is 0 Å². The Balaban J connectivity index is 2.41. The fourth-order valence-electron chi connectivity index (χ4n) is 3.13. The average Bonchev–Trinajstić information content (AvgIpc) is 2.70. The summed E-state index contributed by atoms with van der Waals surface area (Å²) < 4.78 is 4.72. The number of rotatable bonds is 9. The Kier molecular flexibility index (Phi) is 7.14. The second-order valence-electron chi connectivity index (χ2n) is 6.39. The lowest BCUT2D eigenvalue weighted by atomic mass is 9.79. The van der Waals surface area contributed by atoms with E-state index in [0.717, 1.165) is 12.7 Å². The highest BCUT2D eigenvalue weighted by atomic mass is 16.6. The lowest BCUT2D eigenvalue weighted by molar-refractivity contribution is -0.384. The van der Waals surface area contributed by atoms with Crippen molar-refractivity contribution in [1.29, 1.82) is 0 Å². The summed E-state index contributed by atoms with van der Waals surface area (Å²) in [5.41, 5.74) is 0.967. The van der Waals surface area contributed by atoms with Gasteiger partial charge in [0.15, 0.2) is 0 Å². The maximum Gasteiger partial charge on any atom is 0.317 e. The SMILES string of the molecule is COC(=O)C(C(C)=O)C(C(=O)CCc1ccccc1)c1cccc([N+](=O)[O-])c1. The number of ketones is 2. The van der Waals surface area contributed by atoms with E-state index in [4.69, 9.17) is 4.74 Å². The van der Waals surface area contributed by atoms with E-state index in [-0.39, 0.29) is 23.5 Å². The quantitative estimate of drug-likeness (QED) is 0.285. The Morgan fingerprint density at radius 3 is 2.32 bits per heavy atom. The van der Waals surface area contributed by atoms with Gasteiger partial charge in [-0.25, -0.2) is 0 Å². The zero-order chi connectivity index (χ0) is 20.7. The molecule has 146 valence electrons. The summed E-state index contributed by atoms with van der Waals surface area (Å²) in [5, 5.41) is 11.1. The molecule has 0 fully saturated rings. The topological polar surface area (TPSA) is 104 Å². The van der Waals surface area contributed by atoms with Gasteiger partial charge in [-0.2, -0.15) is 0 Å². The largest absolute Gasteiger partial charge is 0.468 e. The number of carbonyl (C=O) groups is 3. The number of non-ortho nitro benzene ring substituents is 1. The number of methoxy groups -OCH3 is 1. The van der Waals surface area contributed by atoms with Gasteiger partial charge in [-0.1, -0.05) is 42.5 Å². The van der Waals surface area contributed by atoms with E-state index in [1.807, 2.05) is 30.3 Å². The normalized spacial score (nSPS) is 12.6. The number of hydrogen-bond donors (Lipinski definition) is 0. The number of benzene rings is 2. The highest BCUT2D eigenvalue weighted by molar-refractivity contribution is 6.04. The Labute approximate surface area is 162 Å². The summed E-state index contributed by atoms with van der Waals surface area (Å²) in [6, 6.07) is 14.8. The third kappa shape index (κ3) is 5.09. The number of Topliss-reactive ketones (excluding diaryl/α,β-unsaturated/α-hetero) is 2. The molecular weight excluding hydrogens is 362 g/mol. The molecule has 7 nitrogen and oxygen atoms in total. The molecule has 2 rings (SSSR count). The Bertz CT molecular complexity index is 877. The van der Waals surface area contributed by atoms with E-state index < -0.39 is 28.5 Å². The number of esters is 1. The van der Waals surface area contributed by atoms with Crippen molar-refractivity contribution in [2.75, 3.05) is 7.11 Å². The van der Waals surface area contributed by atoms with Gasteiger partial charge in [0.2, 0.25) is 0 Å². The molecule has 0 spiro atoms. The number of carbonyl (C=O) groups excluding carboxylic acids is 3. The maximum absolute atomic E-state index is 13.0. The number of nitro benzene ring substituents is 1. The fourth-order valence-corrected chi connectivity index (χ4v) is 3.13. The van der Waals surface area contributed by atoms with Gasteiger partial charge < -0.3 is 4.74 Å². The molecule has 0 bridgehead atoms. The molecule has 28 heavy (non-hydrogen) atoms. The van der Waals surface area contributed by atoms with Crippen molar-refractivity contribution in [2.24, 2.45) is 5.92 Å². The Morgan fingerprint density at radius 1 is 1.07 bits per heavy atom. The summed E-state index contributed by atoms with van der Waals surface area (Å²) >= 11 is 0. The third-order valence-corrected chi connectivity index (χ3v) is 4.52. The van der Waals surface area contributed by atoms with Crippen LogP contribution in [0.2, 0.25) is 0 Å². The van der Waals surface area contributed by atoms with E-state index in [2.05, 4.69) is 0 Å². The minimum atomic E-state index is -1.35. The van der Waals surface area contributed by atoms with Crippen molar-refractivity contribution in [2.45, 2.75) is 25.7 Å². The van der Waals surface area contributed by atoms with Crippen LogP contribution in [0, 0.1) is 16.0 Å². The molecule has 0 N–H and O–H groups in total. The highest BCUT2D eigenvalue weighted by Crippen LogP contribution is 2.31. The molecular formula is C21H21NO6. The van der Waals surface area contributed by atoms with Gasteiger partial charge in [-0.3, -0.25) is 24.5 Å². The van der Waals surface area contributed by atoms with Crippen molar-refractivity contribution in [1.82, 2.24) is 0 Å². The van der Waals surface area contributed by atoms with E-state index in [9.17, 15) is 24.5 Å². The molecule has 0 aromatic heterocycles. The van der Waals surface area contributed by atoms with Gasteiger partial charge in [0.05, 0.1) is 18.0 Å². The lowest BCUT2D eigenvalue weighted by Gasteiger charge is -2.22. The fraction of sp³-hybridized carbons (Fsp3) is 0.286. The van der Waals surface area contributed by atoms with E-state index in [0.29, 0.717) is 6.42 Å². The van der Waals surface area contributed by atoms with Crippen LogP contribution in [0.3, 0.4) is 0 Å². The molecule has 0 aliphatic heterocycles. The standard InChI is InChI=1S/C21H21NO6/c1-14(23)19(21(25)28-2)20(16-9-6-10-17(13-16)22(26)27)18(24)12-11-15-7-4-3-5-8-15/h3-10,13,19-20H,11-12H2,1-2H3. The number of hydrogen-bond acceptors (Lipinski definition) is 6. The smallest absolute Gasteiger partial charge is 0.317 e. The number of nitro groups is 1. The monoisotopic (exact) mass is 383 g/mol. The molecule has 7 heteroatoms. The first-order valence-electron chi connectivity index (χ1n) is 8.74. The number of aryl methyl sites for hydroxylation is 1. The summed E-state index contributed by atoms with van der Waals surface area (Å²) in [7, 11) is 1.14. The summed E-state index contributed by atoms with van der Waals surface area (Å²) in [6.07, 6.45) is 0.509. The lowest BCUT2D eigenvalue weighted by Crippen LogP contribution is -2.34. The van der Waals surface area contributed by atoms with Crippen molar-refractivity contribution < 1.29 is 24.0 Å². The van der Waals surface area contributed by atoms with E-state index in [1.165, 1.54) is 31.2 Å². The van der Waals surface area contributed by atoms with Gasteiger partial charge in [0.1, 0.15) is 17.5 Å². The maximum atomic E-state index is 13.0. The van der Waals surface area contributed by atoms with Crippen LogP contribution >= 0.6 is 0 Å². The Hall–Kier alpha value is -3.35. The first-order valence-corrected chi connectivity index (χ1v) is 8.74. The van der Waals surface area contributed by atoms with Gasteiger partial charge in [0, 0.05) is 18.6 Å². The van der Waals surface area contributed by atoms with Crippen LogP contribution in [-0.2, 0) is 25.5 Å². The summed E-state index contributed by atoms with van der Waals surface area (Å²) in [5.74, 6) is -4.22. The molecule has 0 amide bonds. The average molecular weight is 383 g/mol. The molecule has 2 aromatic carbocycles. The van der Waals surface area contributed by atoms with Crippen LogP contribution in [0.15, 0.2) is 54.6 Å². The van der Waals surface area contributed by atoms with E-state index >= 15 is 0 Å². The zero-order valence-electron chi connectivity index (χ0n) is 15.7. The second kappa shape index (κ2) is 9.55. The van der Waals surface area contributed by atoms with Crippen LogP contribution in [0.25, 0.3) is 0 Å². The summed E-state index contributed by atoms with van der Waals surface area (Å²) in [6.45, 7) is 1.20. The van der Waals surface area contributed by atoms with Crippen LogP contribution in [0.4, 0.5) is 5.69 Å². The minimum Gasteiger partial charge on any atom is -0.468 e. The van der Waals surface area contributed by atoms with Crippen LogP contribution in [0.1, 0.15) is 30.4 Å². The molecule has 2 atom stereocenters. The first kappa shape index (κ1) is 21.0. The van der Waals surface area contributed by atoms with Crippen molar-refractivity contribution in [3.05, 3.63) is 75.8 Å². The molecule has 0 saturated heterocycles. The van der Waals surface area contributed by atoms with E-state index in [1.54, 1.807) is 0 Å². The first-order chi connectivity index (χ1) is 13.3. The third-order valence-electron chi connectivity index (χ3n) is 4.52. The highest BCUT2D eigenvalue weighted by Gasteiger charge is 2.39. The van der Waals surface area contributed by atoms with Crippen LogP contribution < -0.4 is 0 Å². The van der Waals surface area contributed by atoms with Gasteiger partial charge in [-0.05, 0) is 24.5 Å². The molecule has 2 unspecified atom stereocenters. The summed E-state index contributed by atoms with van der Waals surface area (Å²) in [4.78, 5) is 48.0. The minimum absolute atomic E-state index is 0.0815. The Morgan fingerprint density at radius 2 is 1.75 bits per heavy atom. The number of ether oxygens (including phenoxy) is 1. The molecule has 0 saturated carbocycles. The van der Waals surface area contributed by atoms with Crippen molar-refractivity contribution >= 4 is 23.2 Å². The van der Waals surface area contributed by atoms with Crippen molar-refractivity contribution in [3.8, 4) is 0 Å².